The molecule has 2 heterocycles. The standard InChI is InChI=1S/C13H19N3O2/c1-10-4-3-5-11(15-10)16-12(17)13(18-2)6-8-14-9-7-13/h3-5,14H,6-9H2,1-2H3,(H,15,16,17). The Morgan fingerprint density at radius 1 is 1.44 bits per heavy atom. The van der Waals surface area contributed by atoms with Crippen molar-refractivity contribution >= 4 is 11.7 Å². The van der Waals surface area contributed by atoms with Crippen LogP contribution in [0.5, 0.6) is 0 Å². The van der Waals surface area contributed by atoms with E-state index in [1.165, 1.54) is 0 Å². The monoisotopic (exact) mass is 249 g/mol. The van der Waals surface area contributed by atoms with Crippen LogP contribution in [0.15, 0.2) is 18.2 Å². The number of anilines is 1. The predicted octanol–water partition coefficient (Wildman–Crippen LogP) is 1.10. The molecule has 0 unspecified atom stereocenters. The third kappa shape index (κ3) is 2.68. The zero-order valence-electron chi connectivity index (χ0n) is 10.8. The predicted molar refractivity (Wildman–Crippen MR) is 69.4 cm³/mol. The van der Waals surface area contributed by atoms with E-state index in [0.717, 1.165) is 18.8 Å². The van der Waals surface area contributed by atoms with Gasteiger partial charge in [0.15, 0.2) is 0 Å². The molecular formula is C13H19N3O2. The van der Waals surface area contributed by atoms with Crippen molar-refractivity contribution in [3.63, 3.8) is 0 Å². The Hall–Kier alpha value is -1.46. The maximum Gasteiger partial charge on any atom is 0.257 e. The summed E-state index contributed by atoms with van der Waals surface area (Å²) in [6.07, 6.45) is 1.36. The topological polar surface area (TPSA) is 63.2 Å². The van der Waals surface area contributed by atoms with Gasteiger partial charge in [0.2, 0.25) is 0 Å². The molecule has 18 heavy (non-hydrogen) atoms. The van der Waals surface area contributed by atoms with Gasteiger partial charge in [-0.25, -0.2) is 4.98 Å². The number of ether oxygens (including phenoxy) is 1. The maximum absolute atomic E-state index is 12.3. The number of aryl methyl sites for hydroxylation is 1. The molecule has 2 N–H and O–H groups in total. The number of hydrogen-bond acceptors (Lipinski definition) is 4. The van der Waals surface area contributed by atoms with Gasteiger partial charge in [-0.05, 0) is 45.0 Å². The lowest BCUT2D eigenvalue weighted by Crippen LogP contribution is -2.51. The zero-order valence-corrected chi connectivity index (χ0v) is 10.8. The number of nitrogens with zero attached hydrogens (tertiary/aromatic N) is 1. The van der Waals surface area contributed by atoms with Crippen LogP contribution in [-0.2, 0) is 9.53 Å². The van der Waals surface area contributed by atoms with Gasteiger partial charge in [-0.3, -0.25) is 4.79 Å². The number of hydrogen-bond donors (Lipinski definition) is 2. The smallest absolute Gasteiger partial charge is 0.257 e. The minimum absolute atomic E-state index is 0.107. The molecule has 0 aliphatic carbocycles. The molecule has 98 valence electrons. The summed E-state index contributed by atoms with van der Waals surface area (Å²) in [6.45, 7) is 3.48. The van der Waals surface area contributed by atoms with E-state index in [1.807, 2.05) is 19.1 Å². The fourth-order valence-electron chi connectivity index (χ4n) is 2.20. The van der Waals surface area contributed by atoms with E-state index in [1.54, 1.807) is 13.2 Å². The SMILES string of the molecule is COC1(C(=O)Nc2cccc(C)n2)CCNCC1. The van der Waals surface area contributed by atoms with Crippen LogP contribution in [0, 0.1) is 6.92 Å². The van der Waals surface area contributed by atoms with E-state index in [9.17, 15) is 4.79 Å². The van der Waals surface area contributed by atoms with Gasteiger partial charge in [0.1, 0.15) is 11.4 Å². The second-order valence-corrected chi connectivity index (χ2v) is 4.57. The molecule has 1 saturated heterocycles. The Balaban J connectivity index is 2.10. The van der Waals surface area contributed by atoms with Gasteiger partial charge in [0.05, 0.1) is 0 Å². The van der Waals surface area contributed by atoms with Crippen molar-refractivity contribution in [2.45, 2.75) is 25.4 Å². The highest BCUT2D eigenvalue weighted by Crippen LogP contribution is 2.24. The van der Waals surface area contributed by atoms with Crippen molar-refractivity contribution in [3.8, 4) is 0 Å². The Kier molecular flexibility index (Phi) is 3.93. The number of pyridine rings is 1. The molecule has 1 aromatic heterocycles. The van der Waals surface area contributed by atoms with Gasteiger partial charge in [-0.15, -0.1) is 0 Å². The first-order valence-electron chi connectivity index (χ1n) is 6.17. The van der Waals surface area contributed by atoms with Gasteiger partial charge in [0.25, 0.3) is 5.91 Å². The molecular weight excluding hydrogens is 230 g/mol. The Morgan fingerprint density at radius 3 is 2.78 bits per heavy atom. The van der Waals surface area contributed by atoms with Gasteiger partial charge < -0.3 is 15.4 Å². The van der Waals surface area contributed by atoms with Crippen LogP contribution in [0.1, 0.15) is 18.5 Å². The molecule has 2 rings (SSSR count). The molecule has 0 radical (unpaired) electrons. The van der Waals surface area contributed by atoms with Crippen molar-refractivity contribution in [1.29, 1.82) is 0 Å². The highest BCUT2D eigenvalue weighted by molar-refractivity contribution is 5.96. The van der Waals surface area contributed by atoms with Crippen molar-refractivity contribution < 1.29 is 9.53 Å². The summed E-state index contributed by atoms with van der Waals surface area (Å²) in [6, 6.07) is 5.56. The highest BCUT2D eigenvalue weighted by Gasteiger charge is 2.39. The number of carbonyl (C=O) groups excluding carboxylic acids is 1. The lowest BCUT2D eigenvalue weighted by atomic mass is 9.91. The van der Waals surface area contributed by atoms with E-state index in [0.29, 0.717) is 18.7 Å². The minimum atomic E-state index is -0.726. The van der Waals surface area contributed by atoms with Crippen molar-refractivity contribution in [2.75, 3.05) is 25.5 Å². The number of piperidine rings is 1. The summed E-state index contributed by atoms with van der Waals surface area (Å²) in [7, 11) is 1.59. The molecule has 0 aromatic carbocycles. The minimum Gasteiger partial charge on any atom is -0.368 e. The first-order valence-corrected chi connectivity index (χ1v) is 6.17. The zero-order chi connectivity index (χ0) is 13.0. The van der Waals surface area contributed by atoms with Crippen molar-refractivity contribution in [3.05, 3.63) is 23.9 Å². The first-order chi connectivity index (χ1) is 8.66. The molecule has 1 amide bonds. The van der Waals surface area contributed by atoms with Crippen LogP contribution in [0.3, 0.4) is 0 Å². The van der Waals surface area contributed by atoms with Crippen LogP contribution < -0.4 is 10.6 Å². The lowest BCUT2D eigenvalue weighted by molar-refractivity contribution is -0.140. The second-order valence-electron chi connectivity index (χ2n) is 4.57. The number of carbonyl (C=O) groups is 1. The molecule has 1 aromatic rings. The molecule has 0 spiro atoms. The van der Waals surface area contributed by atoms with E-state index in [4.69, 9.17) is 4.74 Å². The number of rotatable bonds is 3. The third-order valence-corrected chi connectivity index (χ3v) is 3.35. The molecule has 1 aliphatic rings. The van der Waals surface area contributed by atoms with E-state index in [-0.39, 0.29) is 5.91 Å². The highest BCUT2D eigenvalue weighted by atomic mass is 16.5. The summed E-state index contributed by atoms with van der Waals surface area (Å²) in [5.41, 5.74) is 0.154. The number of nitrogens with one attached hydrogen (secondary N) is 2. The summed E-state index contributed by atoms with van der Waals surface area (Å²) < 4.78 is 5.46. The van der Waals surface area contributed by atoms with Crippen LogP contribution in [0.25, 0.3) is 0 Å². The van der Waals surface area contributed by atoms with Gasteiger partial charge in [0, 0.05) is 12.8 Å². The number of methoxy groups -OCH3 is 1. The fourth-order valence-corrected chi connectivity index (χ4v) is 2.20. The van der Waals surface area contributed by atoms with Crippen LogP contribution >= 0.6 is 0 Å². The van der Waals surface area contributed by atoms with Crippen molar-refractivity contribution in [2.24, 2.45) is 0 Å². The normalized spacial score (nSPS) is 18.3. The number of amides is 1. The quantitative estimate of drug-likeness (QED) is 0.842. The van der Waals surface area contributed by atoms with Crippen molar-refractivity contribution in [1.82, 2.24) is 10.3 Å². The van der Waals surface area contributed by atoms with Gasteiger partial charge in [-0.2, -0.15) is 0 Å². The maximum atomic E-state index is 12.3. The van der Waals surface area contributed by atoms with Crippen LogP contribution in [0.4, 0.5) is 5.82 Å². The molecule has 5 heteroatoms. The fraction of sp³-hybridized carbons (Fsp3) is 0.538. The molecule has 5 nitrogen and oxygen atoms in total. The Bertz CT molecular complexity index is 428. The molecule has 0 saturated carbocycles. The number of aromatic nitrogens is 1. The van der Waals surface area contributed by atoms with Gasteiger partial charge >= 0.3 is 0 Å². The van der Waals surface area contributed by atoms with E-state index < -0.39 is 5.60 Å². The first kappa shape index (κ1) is 13.0. The summed E-state index contributed by atoms with van der Waals surface area (Å²) >= 11 is 0. The average molecular weight is 249 g/mol. The molecule has 1 fully saturated rings. The second kappa shape index (κ2) is 5.46. The summed E-state index contributed by atoms with van der Waals surface area (Å²) in [4.78, 5) is 16.6. The van der Waals surface area contributed by atoms with Crippen LogP contribution in [-0.4, -0.2) is 36.7 Å². The Morgan fingerprint density at radius 2 is 2.17 bits per heavy atom. The largest absolute Gasteiger partial charge is 0.368 e. The molecule has 0 atom stereocenters. The van der Waals surface area contributed by atoms with Gasteiger partial charge in [-0.1, -0.05) is 6.07 Å². The Labute approximate surface area is 107 Å². The summed E-state index contributed by atoms with van der Waals surface area (Å²) in [5, 5.41) is 6.07. The van der Waals surface area contributed by atoms with E-state index >= 15 is 0 Å². The molecule has 1 aliphatic heterocycles. The van der Waals surface area contributed by atoms with Crippen LogP contribution in [0.2, 0.25) is 0 Å². The average Bonchev–Trinajstić information content (AvgIpc) is 2.39. The third-order valence-electron chi connectivity index (χ3n) is 3.35. The van der Waals surface area contributed by atoms with E-state index in [2.05, 4.69) is 15.6 Å². The lowest BCUT2D eigenvalue weighted by Gasteiger charge is -2.34. The molecule has 0 bridgehead atoms. The summed E-state index contributed by atoms with van der Waals surface area (Å²) in [5.74, 6) is 0.472.